The van der Waals surface area contributed by atoms with Gasteiger partial charge in [-0.2, -0.15) is 0 Å². The van der Waals surface area contributed by atoms with E-state index in [9.17, 15) is 29.1 Å². The fraction of sp³-hybridized carbons (Fsp3) is 0.194. The molecule has 0 saturated carbocycles. The van der Waals surface area contributed by atoms with Crippen molar-refractivity contribution < 1.29 is 38.6 Å². The van der Waals surface area contributed by atoms with E-state index < -0.39 is 36.9 Å². The number of aliphatic carboxylic acids is 1. The molecule has 0 unspecified atom stereocenters. The van der Waals surface area contributed by atoms with Gasteiger partial charge < -0.3 is 35.0 Å². The first kappa shape index (κ1) is 35.5. The number of urea groups is 1. The van der Waals surface area contributed by atoms with Gasteiger partial charge in [0.05, 0.1) is 31.5 Å². The van der Waals surface area contributed by atoms with Crippen LogP contribution in [0.25, 0.3) is 0 Å². The molecule has 0 heterocycles. The summed E-state index contributed by atoms with van der Waals surface area (Å²) in [4.78, 5) is 68.4. The van der Waals surface area contributed by atoms with Crippen LogP contribution in [-0.4, -0.2) is 75.7 Å². The number of hydrogen-bond donors (Lipinski definition) is 3. The summed E-state index contributed by atoms with van der Waals surface area (Å²) in [5.41, 5.74) is 2.04. The second-order valence-electron chi connectivity index (χ2n) is 10.7. The number of ether oxygens (including phenoxy) is 2. The number of benzene rings is 4. The van der Waals surface area contributed by atoms with Crippen molar-refractivity contribution in [3.05, 3.63) is 109 Å². The van der Waals surface area contributed by atoms with E-state index in [-0.39, 0.29) is 41.8 Å². The van der Waals surface area contributed by atoms with Gasteiger partial charge in [0.15, 0.2) is 6.61 Å². The van der Waals surface area contributed by atoms with Crippen LogP contribution in [0.2, 0.25) is 0 Å². The number of rotatable bonds is 14. The topological polar surface area (TPSA) is 158 Å². The molecule has 0 aliphatic rings. The molecule has 0 aromatic heterocycles. The fourth-order valence-electron chi connectivity index (χ4n) is 4.82. The summed E-state index contributed by atoms with van der Waals surface area (Å²) < 4.78 is 11.2. The SMILES string of the molecule is COc1c(CC(=O)O)cccc1NC(=O)NCC(=O)N(CC(=O)N(C)c1ccccc1)c1ccccc1OCC(=O)N(C)c1ccccc1. The predicted molar refractivity (Wildman–Crippen MR) is 185 cm³/mol. The lowest BCUT2D eigenvalue weighted by Gasteiger charge is -2.27. The maximum atomic E-state index is 13.8. The van der Waals surface area contributed by atoms with Gasteiger partial charge in [-0.05, 0) is 42.5 Å². The van der Waals surface area contributed by atoms with Gasteiger partial charge in [0, 0.05) is 31.0 Å². The highest BCUT2D eigenvalue weighted by Gasteiger charge is 2.26. The number of carbonyl (C=O) groups excluding carboxylic acids is 4. The molecule has 4 rings (SSSR count). The number of likely N-dealkylation sites (N-methyl/N-ethyl adjacent to an activating group) is 2. The summed E-state index contributed by atoms with van der Waals surface area (Å²) in [6.07, 6.45) is -0.325. The number of para-hydroxylation sites is 5. The summed E-state index contributed by atoms with van der Waals surface area (Å²) >= 11 is 0. The normalized spacial score (nSPS) is 10.3. The minimum absolute atomic E-state index is 0.168. The van der Waals surface area contributed by atoms with Crippen LogP contribution in [-0.2, 0) is 25.6 Å². The smallest absolute Gasteiger partial charge is 0.319 e. The molecular weight excluding hydrogens is 630 g/mol. The highest BCUT2D eigenvalue weighted by atomic mass is 16.5. The van der Waals surface area contributed by atoms with Gasteiger partial charge in [0.2, 0.25) is 11.8 Å². The molecule has 0 radical (unpaired) electrons. The molecule has 3 N–H and O–H groups in total. The Morgan fingerprint density at radius 2 is 1.31 bits per heavy atom. The van der Waals surface area contributed by atoms with Gasteiger partial charge >= 0.3 is 12.0 Å². The maximum absolute atomic E-state index is 13.8. The zero-order chi connectivity index (χ0) is 35.3. The molecule has 0 aliphatic carbocycles. The number of carbonyl (C=O) groups is 5. The van der Waals surface area contributed by atoms with E-state index in [1.54, 1.807) is 86.9 Å². The monoisotopic (exact) mass is 667 g/mol. The Labute approximate surface area is 283 Å². The van der Waals surface area contributed by atoms with E-state index >= 15 is 0 Å². The van der Waals surface area contributed by atoms with Crippen LogP contribution >= 0.6 is 0 Å². The summed E-state index contributed by atoms with van der Waals surface area (Å²) in [7, 11) is 4.55. The lowest BCUT2D eigenvalue weighted by Crippen LogP contribution is -2.46. The molecule has 4 aromatic rings. The van der Waals surface area contributed by atoms with Crippen molar-refractivity contribution in [1.29, 1.82) is 0 Å². The van der Waals surface area contributed by atoms with Crippen molar-refractivity contribution in [2.24, 2.45) is 0 Å². The Morgan fingerprint density at radius 3 is 1.92 bits per heavy atom. The summed E-state index contributed by atoms with van der Waals surface area (Å²) in [6, 6.07) is 28.3. The van der Waals surface area contributed by atoms with Gasteiger partial charge in [-0.1, -0.05) is 60.7 Å². The average molecular weight is 668 g/mol. The van der Waals surface area contributed by atoms with E-state index in [0.29, 0.717) is 16.9 Å². The molecule has 0 fully saturated rings. The van der Waals surface area contributed by atoms with Crippen LogP contribution in [0.1, 0.15) is 5.56 Å². The van der Waals surface area contributed by atoms with Crippen molar-refractivity contribution in [1.82, 2.24) is 5.32 Å². The molecule has 0 aliphatic heterocycles. The van der Waals surface area contributed by atoms with Crippen molar-refractivity contribution in [2.75, 3.05) is 60.9 Å². The van der Waals surface area contributed by atoms with E-state index in [1.165, 1.54) is 27.9 Å². The number of anilines is 4. The third-order valence-corrected chi connectivity index (χ3v) is 7.43. The highest BCUT2D eigenvalue weighted by Crippen LogP contribution is 2.30. The molecular formula is C36H37N5O8. The molecule has 4 aromatic carbocycles. The van der Waals surface area contributed by atoms with Gasteiger partial charge in [0.25, 0.3) is 5.91 Å². The van der Waals surface area contributed by atoms with Gasteiger partial charge in [-0.3, -0.25) is 24.1 Å². The zero-order valence-corrected chi connectivity index (χ0v) is 27.3. The number of methoxy groups -OCH3 is 1. The summed E-state index contributed by atoms with van der Waals surface area (Å²) in [6.45, 7) is -1.31. The Balaban J connectivity index is 1.53. The molecule has 13 heteroatoms. The van der Waals surface area contributed by atoms with E-state index in [1.807, 2.05) is 24.3 Å². The Morgan fingerprint density at radius 1 is 0.714 bits per heavy atom. The summed E-state index contributed by atoms with van der Waals surface area (Å²) in [5, 5.41) is 14.3. The lowest BCUT2D eigenvalue weighted by molar-refractivity contribution is -0.136. The maximum Gasteiger partial charge on any atom is 0.319 e. The molecule has 13 nitrogen and oxygen atoms in total. The van der Waals surface area contributed by atoms with Gasteiger partial charge in [0.1, 0.15) is 18.0 Å². The standard InChI is InChI=1S/C36H37N5O8/c1-39(26-14-6-4-7-15-26)32(43)23-41(29-19-10-11-20-30(29)49-24-33(44)40(2)27-16-8-5-9-17-27)31(42)22-37-36(47)38-28-18-12-13-25(21-34(45)46)35(28)48-3/h4-20H,21-24H2,1-3H3,(H,45,46)(H2,37,38,47). The zero-order valence-electron chi connectivity index (χ0n) is 27.3. The van der Waals surface area contributed by atoms with Crippen molar-refractivity contribution >= 4 is 52.5 Å². The number of carboxylic acid groups (broad SMARTS) is 1. The van der Waals surface area contributed by atoms with Crippen molar-refractivity contribution in [3.63, 3.8) is 0 Å². The van der Waals surface area contributed by atoms with Gasteiger partial charge in [-0.15, -0.1) is 0 Å². The third-order valence-electron chi connectivity index (χ3n) is 7.43. The van der Waals surface area contributed by atoms with E-state index in [4.69, 9.17) is 9.47 Å². The van der Waals surface area contributed by atoms with Crippen LogP contribution < -0.4 is 34.8 Å². The first-order valence-electron chi connectivity index (χ1n) is 15.2. The van der Waals surface area contributed by atoms with Crippen LogP contribution in [0, 0.1) is 0 Å². The Hall–Kier alpha value is -6.37. The number of hydrogen-bond acceptors (Lipinski definition) is 7. The van der Waals surface area contributed by atoms with Crippen LogP contribution in [0.3, 0.4) is 0 Å². The minimum atomic E-state index is -1.07. The lowest BCUT2D eigenvalue weighted by atomic mass is 10.1. The largest absolute Gasteiger partial charge is 0.494 e. The number of amides is 5. The Kier molecular flexibility index (Phi) is 12.3. The minimum Gasteiger partial charge on any atom is -0.494 e. The first-order valence-corrected chi connectivity index (χ1v) is 15.2. The second kappa shape index (κ2) is 17.0. The molecule has 5 amide bonds. The Bertz CT molecular complexity index is 1780. The third kappa shape index (κ3) is 9.58. The van der Waals surface area contributed by atoms with Gasteiger partial charge in [-0.25, -0.2) is 4.79 Å². The van der Waals surface area contributed by atoms with Crippen LogP contribution in [0.15, 0.2) is 103 Å². The average Bonchev–Trinajstić information content (AvgIpc) is 3.12. The second-order valence-corrected chi connectivity index (χ2v) is 10.7. The van der Waals surface area contributed by atoms with E-state index in [2.05, 4.69) is 10.6 Å². The predicted octanol–water partition coefficient (Wildman–Crippen LogP) is 4.18. The number of carboxylic acids is 1. The number of nitrogens with one attached hydrogen (secondary N) is 2. The molecule has 49 heavy (non-hydrogen) atoms. The highest BCUT2D eigenvalue weighted by molar-refractivity contribution is 6.06. The number of nitrogens with zero attached hydrogens (tertiary/aromatic N) is 3. The molecule has 254 valence electrons. The van der Waals surface area contributed by atoms with Crippen LogP contribution in [0.5, 0.6) is 11.5 Å². The molecule has 0 saturated heterocycles. The molecule has 0 atom stereocenters. The van der Waals surface area contributed by atoms with Crippen LogP contribution in [0.4, 0.5) is 27.5 Å². The van der Waals surface area contributed by atoms with E-state index in [0.717, 1.165) is 0 Å². The van der Waals surface area contributed by atoms with Crippen molar-refractivity contribution in [2.45, 2.75) is 6.42 Å². The molecule has 0 bridgehead atoms. The molecule has 0 spiro atoms. The fourth-order valence-corrected chi connectivity index (χ4v) is 4.82. The van der Waals surface area contributed by atoms with Crippen molar-refractivity contribution in [3.8, 4) is 11.5 Å². The quantitative estimate of drug-likeness (QED) is 0.181. The summed E-state index contributed by atoms with van der Waals surface area (Å²) in [5.74, 6) is -2.17. The first-order chi connectivity index (χ1) is 23.6.